The lowest BCUT2D eigenvalue weighted by molar-refractivity contribution is 0.112. The maximum absolute atomic E-state index is 12.1. The summed E-state index contributed by atoms with van der Waals surface area (Å²) >= 11 is 0. The highest BCUT2D eigenvalue weighted by Crippen LogP contribution is 2.20. The van der Waals surface area contributed by atoms with Crippen LogP contribution >= 0.6 is 0 Å². The maximum atomic E-state index is 12.1. The molecule has 0 aliphatic rings. The van der Waals surface area contributed by atoms with E-state index in [0.717, 1.165) is 6.07 Å². The second-order valence-corrected chi connectivity index (χ2v) is 4.35. The second kappa shape index (κ2) is 3.83. The van der Waals surface area contributed by atoms with Crippen LogP contribution in [0.5, 0.6) is 0 Å². The number of sulfone groups is 1. The summed E-state index contributed by atoms with van der Waals surface area (Å²) in [5, 5.41) is 0. The van der Waals surface area contributed by atoms with Crippen molar-refractivity contribution in [3.63, 3.8) is 0 Å². The zero-order valence-corrected chi connectivity index (χ0v) is 7.67. The highest BCUT2D eigenvalue weighted by molar-refractivity contribution is 7.91. The third kappa shape index (κ3) is 1.79. The molecule has 0 saturated heterocycles. The third-order valence-corrected chi connectivity index (χ3v) is 3.04. The van der Waals surface area contributed by atoms with Crippen LogP contribution in [0.15, 0.2) is 29.2 Å². The molecule has 0 spiro atoms. The molecular formula is C8H6F2O3S. The van der Waals surface area contributed by atoms with Crippen molar-refractivity contribution in [2.75, 3.05) is 0 Å². The van der Waals surface area contributed by atoms with Gasteiger partial charge in [-0.2, -0.15) is 8.78 Å². The largest absolute Gasteiger partial charge is 0.341 e. The molecule has 0 fully saturated rings. The summed E-state index contributed by atoms with van der Waals surface area (Å²) in [5.74, 6) is -3.51. The van der Waals surface area contributed by atoms with Crippen LogP contribution in [-0.2, 0) is 9.84 Å². The summed E-state index contributed by atoms with van der Waals surface area (Å²) in [4.78, 5) is 9.75. The van der Waals surface area contributed by atoms with E-state index in [0.29, 0.717) is 0 Å². The van der Waals surface area contributed by atoms with Gasteiger partial charge in [-0.05, 0) is 6.07 Å². The molecule has 1 rings (SSSR count). The number of benzene rings is 1. The van der Waals surface area contributed by atoms with Crippen molar-refractivity contribution in [3.05, 3.63) is 29.8 Å². The normalized spacial score (nSPS) is 11.6. The van der Waals surface area contributed by atoms with Crippen molar-refractivity contribution >= 4 is 16.1 Å². The predicted molar refractivity (Wildman–Crippen MR) is 45.0 cm³/mol. The van der Waals surface area contributed by atoms with Gasteiger partial charge in [-0.1, -0.05) is 18.2 Å². The third-order valence-electron chi connectivity index (χ3n) is 1.59. The van der Waals surface area contributed by atoms with Gasteiger partial charge in [-0.3, -0.25) is 4.79 Å². The Labute approximate surface area is 79.3 Å². The quantitative estimate of drug-likeness (QED) is 0.725. The number of alkyl halides is 2. The molecule has 3 nitrogen and oxygen atoms in total. The van der Waals surface area contributed by atoms with Crippen molar-refractivity contribution in [1.82, 2.24) is 0 Å². The van der Waals surface area contributed by atoms with Crippen LogP contribution in [0.2, 0.25) is 0 Å². The molecule has 0 unspecified atom stereocenters. The lowest BCUT2D eigenvalue weighted by Gasteiger charge is -2.04. The fourth-order valence-electron chi connectivity index (χ4n) is 0.933. The number of hydrogen-bond donors (Lipinski definition) is 0. The summed E-state index contributed by atoms with van der Waals surface area (Å²) in [7, 11) is -4.68. The first-order valence-electron chi connectivity index (χ1n) is 3.56. The number of carbonyl (C=O) groups is 1. The van der Waals surface area contributed by atoms with Crippen molar-refractivity contribution in [3.8, 4) is 0 Å². The van der Waals surface area contributed by atoms with Crippen LogP contribution in [0, 0.1) is 0 Å². The molecule has 1 aromatic carbocycles. The van der Waals surface area contributed by atoms with Gasteiger partial charge in [-0.15, -0.1) is 0 Å². The van der Waals surface area contributed by atoms with E-state index < -0.39 is 20.5 Å². The molecule has 0 aliphatic carbocycles. The minimum absolute atomic E-state index is 0.231. The Morgan fingerprint density at radius 1 is 1.21 bits per heavy atom. The Morgan fingerprint density at radius 2 is 1.79 bits per heavy atom. The number of halogens is 2. The van der Waals surface area contributed by atoms with Crippen LogP contribution in [0.25, 0.3) is 0 Å². The molecule has 14 heavy (non-hydrogen) atoms. The number of aldehydes is 1. The van der Waals surface area contributed by atoms with Crippen LogP contribution in [0.4, 0.5) is 8.78 Å². The average molecular weight is 220 g/mol. The summed E-state index contributed by atoms with van der Waals surface area (Å²) < 4.78 is 46.2. The van der Waals surface area contributed by atoms with Crippen LogP contribution in [0.3, 0.4) is 0 Å². The van der Waals surface area contributed by atoms with Crippen LogP contribution in [-0.4, -0.2) is 20.5 Å². The topological polar surface area (TPSA) is 51.2 Å². The highest BCUT2D eigenvalue weighted by Gasteiger charge is 2.28. The Hall–Kier alpha value is -1.30. The smallest absolute Gasteiger partial charge is 0.298 e. The summed E-state index contributed by atoms with van der Waals surface area (Å²) in [6, 6.07) is 4.82. The monoisotopic (exact) mass is 220 g/mol. The van der Waals surface area contributed by atoms with Crippen LogP contribution in [0.1, 0.15) is 10.4 Å². The second-order valence-electron chi connectivity index (χ2n) is 2.46. The van der Waals surface area contributed by atoms with E-state index in [-0.39, 0.29) is 11.8 Å². The Kier molecular flexibility index (Phi) is 2.95. The first kappa shape index (κ1) is 10.8. The minimum atomic E-state index is -4.68. The van der Waals surface area contributed by atoms with E-state index in [1.165, 1.54) is 18.2 Å². The molecule has 6 heteroatoms. The van der Waals surface area contributed by atoms with Gasteiger partial charge in [-0.25, -0.2) is 8.42 Å². The number of carbonyl (C=O) groups excluding carboxylic acids is 1. The van der Waals surface area contributed by atoms with Gasteiger partial charge in [0.05, 0.1) is 4.90 Å². The van der Waals surface area contributed by atoms with Crippen molar-refractivity contribution < 1.29 is 22.0 Å². The highest BCUT2D eigenvalue weighted by atomic mass is 32.2. The Bertz CT molecular complexity index is 440. The van der Waals surface area contributed by atoms with Gasteiger partial charge < -0.3 is 0 Å². The molecule has 0 aromatic heterocycles. The van der Waals surface area contributed by atoms with Gasteiger partial charge in [0.15, 0.2) is 6.29 Å². The molecular weight excluding hydrogens is 214 g/mol. The lowest BCUT2D eigenvalue weighted by atomic mass is 10.2. The molecule has 0 atom stereocenters. The number of rotatable bonds is 3. The van der Waals surface area contributed by atoms with E-state index >= 15 is 0 Å². The standard InChI is InChI=1S/C8H6F2O3S/c9-8(10)14(12,13)7-4-2-1-3-6(7)5-11/h1-5,8H. The molecule has 0 bridgehead atoms. The van der Waals surface area contributed by atoms with Crippen molar-refractivity contribution in [2.24, 2.45) is 0 Å². The van der Waals surface area contributed by atoms with Gasteiger partial charge in [0.25, 0.3) is 0 Å². The maximum Gasteiger partial charge on any atom is 0.341 e. The van der Waals surface area contributed by atoms with E-state index in [2.05, 4.69) is 0 Å². The van der Waals surface area contributed by atoms with Gasteiger partial charge in [0, 0.05) is 5.56 Å². The van der Waals surface area contributed by atoms with Crippen molar-refractivity contribution in [1.29, 1.82) is 0 Å². The Balaban J connectivity index is 3.40. The zero-order valence-electron chi connectivity index (χ0n) is 6.85. The SMILES string of the molecule is O=Cc1ccccc1S(=O)(=O)C(F)F. The van der Waals surface area contributed by atoms with E-state index in [1.807, 2.05) is 0 Å². The van der Waals surface area contributed by atoms with Gasteiger partial charge in [0.2, 0.25) is 9.84 Å². The average Bonchev–Trinajstić information content (AvgIpc) is 2.17. The fourth-order valence-corrected chi connectivity index (χ4v) is 1.84. The molecule has 0 radical (unpaired) electrons. The van der Waals surface area contributed by atoms with Gasteiger partial charge in [0.1, 0.15) is 0 Å². The predicted octanol–water partition coefficient (Wildman–Crippen LogP) is 1.50. The van der Waals surface area contributed by atoms with Crippen molar-refractivity contribution in [2.45, 2.75) is 10.7 Å². The minimum Gasteiger partial charge on any atom is -0.298 e. The molecule has 1 aromatic rings. The number of hydrogen-bond acceptors (Lipinski definition) is 3. The first-order valence-corrected chi connectivity index (χ1v) is 5.11. The summed E-state index contributed by atoms with van der Waals surface area (Å²) in [6.07, 6.45) is 0.231. The summed E-state index contributed by atoms with van der Waals surface area (Å²) in [5.41, 5.74) is -0.257. The first-order chi connectivity index (χ1) is 6.50. The zero-order chi connectivity index (χ0) is 10.8. The molecule has 76 valence electrons. The van der Waals surface area contributed by atoms with E-state index in [4.69, 9.17) is 0 Å². The molecule has 0 heterocycles. The fraction of sp³-hybridized carbons (Fsp3) is 0.125. The van der Waals surface area contributed by atoms with Crippen LogP contribution < -0.4 is 0 Å². The van der Waals surface area contributed by atoms with E-state index in [1.54, 1.807) is 0 Å². The molecule has 0 amide bonds. The lowest BCUT2D eigenvalue weighted by Crippen LogP contribution is -2.13. The molecule has 0 aliphatic heterocycles. The van der Waals surface area contributed by atoms with Gasteiger partial charge >= 0.3 is 5.76 Å². The Morgan fingerprint density at radius 3 is 2.29 bits per heavy atom. The van der Waals surface area contributed by atoms with E-state index in [9.17, 15) is 22.0 Å². The molecule has 0 N–H and O–H groups in total. The summed E-state index contributed by atoms with van der Waals surface area (Å²) in [6.45, 7) is 0. The molecule has 0 saturated carbocycles.